The summed E-state index contributed by atoms with van der Waals surface area (Å²) in [6.45, 7) is 5.41. The molecule has 1 atom stereocenters. The van der Waals surface area contributed by atoms with Crippen molar-refractivity contribution in [3.05, 3.63) is 29.8 Å². The van der Waals surface area contributed by atoms with E-state index < -0.39 is 5.60 Å². The number of unbranched alkanes of at least 4 members (excludes halogenated alkanes) is 1. The number of esters is 1. The molecule has 0 amide bonds. The molecule has 0 aromatic heterocycles. The highest BCUT2D eigenvalue weighted by Gasteiger charge is 2.52. The molecule has 116 valence electrons. The number of ether oxygens (including phenoxy) is 3. The lowest BCUT2D eigenvalue weighted by Crippen LogP contribution is -2.27. The van der Waals surface area contributed by atoms with Gasteiger partial charge in [0.05, 0.1) is 19.8 Å². The molecule has 0 spiro atoms. The Bertz CT molecular complexity index is 448. The van der Waals surface area contributed by atoms with E-state index in [4.69, 9.17) is 14.2 Å². The predicted molar refractivity (Wildman–Crippen MR) is 80.5 cm³/mol. The van der Waals surface area contributed by atoms with E-state index >= 15 is 0 Å². The summed E-state index contributed by atoms with van der Waals surface area (Å²) in [5.74, 6) is 0.708. The maximum absolute atomic E-state index is 11.7. The molecule has 2 rings (SSSR count). The van der Waals surface area contributed by atoms with Crippen LogP contribution in [0.25, 0.3) is 0 Å². The molecule has 1 aromatic rings. The zero-order chi connectivity index (χ0) is 15.1. The van der Waals surface area contributed by atoms with E-state index in [1.165, 1.54) is 5.56 Å². The van der Waals surface area contributed by atoms with Crippen LogP contribution in [0, 0.1) is 0 Å². The number of carbonyl (C=O) groups excluding carboxylic acids is 1. The monoisotopic (exact) mass is 292 g/mol. The first-order valence-corrected chi connectivity index (χ1v) is 7.73. The Morgan fingerprint density at radius 3 is 2.48 bits per heavy atom. The summed E-state index contributed by atoms with van der Waals surface area (Å²) >= 11 is 0. The van der Waals surface area contributed by atoms with Gasteiger partial charge in [-0.05, 0) is 57.2 Å². The van der Waals surface area contributed by atoms with Crippen molar-refractivity contribution < 1.29 is 19.0 Å². The Labute approximate surface area is 126 Å². The topological polar surface area (TPSA) is 48.1 Å². The molecule has 1 aromatic carbocycles. The third-order valence-electron chi connectivity index (χ3n) is 3.67. The van der Waals surface area contributed by atoms with Gasteiger partial charge in [-0.15, -0.1) is 0 Å². The summed E-state index contributed by atoms with van der Waals surface area (Å²) < 4.78 is 15.8. The summed E-state index contributed by atoms with van der Waals surface area (Å²) in [7, 11) is 0. The van der Waals surface area contributed by atoms with Crippen LogP contribution in [-0.4, -0.2) is 31.4 Å². The first-order valence-electron chi connectivity index (χ1n) is 7.73. The smallest absolute Gasteiger partial charge is 0.340 e. The maximum atomic E-state index is 11.7. The van der Waals surface area contributed by atoms with Crippen LogP contribution in [-0.2, 0) is 20.7 Å². The fraction of sp³-hybridized carbons (Fsp3) is 0.588. The van der Waals surface area contributed by atoms with Crippen LogP contribution in [0.2, 0.25) is 0 Å². The van der Waals surface area contributed by atoms with Gasteiger partial charge in [0, 0.05) is 0 Å². The minimum Gasteiger partial charge on any atom is -0.494 e. The molecule has 1 aliphatic rings. The van der Waals surface area contributed by atoms with Gasteiger partial charge in [0.1, 0.15) is 5.75 Å². The van der Waals surface area contributed by atoms with E-state index in [0.717, 1.165) is 31.4 Å². The molecule has 1 saturated heterocycles. The number of benzene rings is 1. The third-order valence-corrected chi connectivity index (χ3v) is 3.67. The van der Waals surface area contributed by atoms with Crippen molar-refractivity contribution in [2.24, 2.45) is 0 Å². The number of aryl methyl sites for hydroxylation is 1. The average molecular weight is 292 g/mol. The van der Waals surface area contributed by atoms with Gasteiger partial charge in [0.15, 0.2) is 5.60 Å². The Kier molecular flexibility index (Phi) is 5.62. The molecule has 1 unspecified atom stereocenters. The molecule has 0 bridgehead atoms. The van der Waals surface area contributed by atoms with Crippen LogP contribution >= 0.6 is 0 Å². The Morgan fingerprint density at radius 1 is 1.19 bits per heavy atom. The number of rotatable bonds is 9. The Balaban J connectivity index is 1.69. The molecule has 1 heterocycles. The van der Waals surface area contributed by atoms with Gasteiger partial charge < -0.3 is 14.2 Å². The minimum atomic E-state index is -0.630. The molecule has 0 aliphatic carbocycles. The summed E-state index contributed by atoms with van der Waals surface area (Å²) in [5.41, 5.74) is 0.662. The molecule has 0 N–H and O–H groups in total. The lowest BCUT2D eigenvalue weighted by Gasteiger charge is -2.10. The van der Waals surface area contributed by atoms with Gasteiger partial charge in [0.25, 0.3) is 0 Å². The number of carbonyl (C=O) groups is 1. The first-order chi connectivity index (χ1) is 10.2. The highest BCUT2D eigenvalue weighted by atomic mass is 16.6. The van der Waals surface area contributed by atoms with Crippen molar-refractivity contribution in [3.63, 3.8) is 0 Å². The van der Waals surface area contributed by atoms with Crippen LogP contribution in [0.4, 0.5) is 0 Å². The SMILES string of the molecule is CCOC(=O)C1(CCCCc2ccc(OCC)cc2)CO1. The lowest BCUT2D eigenvalue weighted by molar-refractivity contribution is -0.149. The standard InChI is InChI=1S/C17H24O4/c1-3-19-15-10-8-14(9-11-15)7-5-6-12-17(13-21-17)16(18)20-4-2/h8-11H,3-7,12-13H2,1-2H3. The fourth-order valence-electron chi connectivity index (χ4n) is 2.37. The normalized spacial score (nSPS) is 20.1. The second-order valence-electron chi connectivity index (χ2n) is 5.29. The zero-order valence-corrected chi connectivity index (χ0v) is 12.9. The predicted octanol–water partition coefficient (Wildman–Crippen LogP) is 3.13. The minimum absolute atomic E-state index is 0.203. The van der Waals surface area contributed by atoms with Crippen LogP contribution in [0.1, 0.15) is 38.7 Å². The lowest BCUT2D eigenvalue weighted by atomic mass is 10.00. The van der Waals surface area contributed by atoms with E-state index in [1.54, 1.807) is 0 Å². The molecule has 1 aliphatic heterocycles. The quantitative estimate of drug-likeness (QED) is 0.398. The van der Waals surface area contributed by atoms with Gasteiger partial charge in [-0.25, -0.2) is 4.79 Å². The van der Waals surface area contributed by atoms with Crippen molar-refractivity contribution in [2.45, 2.75) is 45.1 Å². The maximum Gasteiger partial charge on any atom is 0.340 e. The van der Waals surface area contributed by atoms with Gasteiger partial charge >= 0.3 is 5.97 Å². The number of epoxide rings is 1. The molecule has 21 heavy (non-hydrogen) atoms. The van der Waals surface area contributed by atoms with Crippen molar-refractivity contribution in [2.75, 3.05) is 19.8 Å². The molecule has 0 saturated carbocycles. The van der Waals surface area contributed by atoms with E-state index in [1.807, 2.05) is 26.0 Å². The van der Waals surface area contributed by atoms with E-state index in [9.17, 15) is 4.79 Å². The molecule has 4 nitrogen and oxygen atoms in total. The van der Waals surface area contributed by atoms with Crippen LogP contribution in [0.3, 0.4) is 0 Å². The molecule has 0 radical (unpaired) electrons. The fourth-order valence-corrected chi connectivity index (χ4v) is 2.37. The van der Waals surface area contributed by atoms with Crippen LogP contribution in [0.15, 0.2) is 24.3 Å². The molecule has 4 heteroatoms. The Morgan fingerprint density at radius 2 is 1.90 bits per heavy atom. The van der Waals surface area contributed by atoms with Crippen molar-refractivity contribution in [3.8, 4) is 5.75 Å². The van der Waals surface area contributed by atoms with E-state index in [-0.39, 0.29) is 5.97 Å². The van der Waals surface area contributed by atoms with Crippen molar-refractivity contribution >= 4 is 5.97 Å². The largest absolute Gasteiger partial charge is 0.494 e. The average Bonchev–Trinajstić information content (AvgIpc) is 3.27. The van der Waals surface area contributed by atoms with Gasteiger partial charge in [-0.1, -0.05) is 12.1 Å². The number of hydrogen-bond acceptors (Lipinski definition) is 4. The highest BCUT2D eigenvalue weighted by Crippen LogP contribution is 2.34. The second-order valence-corrected chi connectivity index (χ2v) is 5.29. The summed E-state index contributed by atoms with van der Waals surface area (Å²) in [4.78, 5) is 11.7. The van der Waals surface area contributed by atoms with Gasteiger partial charge in [0.2, 0.25) is 0 Å². The van der Waals surface area contributed by atoms with Gasteiger partial charge in [-0.2, -0.15) is 0 Å². The molecule has 1 fully saturated rings. The molecular formula is C17H24O4. The van der Waals surface area contributed by atoms with Crippen LogP contribution < -0.4 is 4.74 Å². The van der Waals surface area contributed by atoms with Gasteiger partial charge in [-0.3, -0.25) is 0 Å². The van der Waals surface area contributed by atoms with Crippen molar-refractivity contribution in [1.29, 1.82) is 0 Å². The number of hydrogen-bond donors (Lipinski definition) is 0. The van der Waals surface area contributed by atoms with E-state index in [0.29, 0.717) is 19.8 Å². The zero-order valence-electron chi connectivity index (χ0n) is 12.9. The summed E-state index contributed by atoms with van der Waals surface area (Å²) in [6, 6.07) is 8.20. The first kappa shape index (κ1) is 15.8. The van der Waals surface area contributed by atoms with Crippen molar-refractivity contribution in [1.82, 2.24) is 0 Å². The second kappa shape index (κ2) is 7.46. The Hall–Kier alpha value is -1.55. The summed E-state index contributed by atoms with van der Waals surface area (Å²) in [6.07, 6.45) is 3.76. The van der Waals surface area contributed by atoms with Crippen LogP contribution in [0.5, 0.6) is 5.75 Å². The summed E-state index contributed by atoms with van der Waals surface area (Å²) in [5, 5.41) is 0. The third kappa shape index (κ3) is 4.46. The molecular weight excluding hydrogens is 268 g/mol. The highest BCUT2D eigenvalue weighted by molar-refractivity contribution is 5.82. The van der Waals surface area contributed by atoms with E-state index in [2.05, 4.69) is 12.1 Å².